The van der Waals surface area contributed by atoms with E-state index >= 15 is 0 Å². The number of ether oxygens (including phenoxy) is 2. The van der Waals surface area contributed by atoms with E-state index in [1.165, 1.54) is 28.2 Å². The van der Waals surface area contributed by atoms with E-state index in [-0.39, 0.29) is 19.4 Å². The molecule has 0 aliphatic heterocycles. The van der Waals surface area contributed by atoms with Crippen LogP contribution in [0.1, 0.15) is 14.4 Å². The van der Waals surface area contributed by atoms with E-state index in [1.54, 1.807) is 14.1 Å². The van der Waals surface area contributed by atoms with Crippen LogP contribution in [0.5, 0.6) is 0 Å². The van der Waals surface area contributed by atoms with Crippen molar-refractivity contribution in [3.05, 3.63) is 0 Å². The number of urea groups is 1. The molecule has 0 bridgehead atoms. The van der Waals surface area contributed by atoms with Crippen molar-refractivity contribution in [2.75, 3.05) is 35.4 Å². The zero-order valence-electron chi connectivity index (χ0n) is 11.0. The molecule has 0 aromatic heterocycles. The predicted octanol–water partition coefficient (Wildman–Crippen LogP) is 0.333. The van der Waals surface area contributed by atoms with Crippen molar-refractivity contribution in [1.82, 2.24) is 16.0 Å². The zero-order chi connectivity index (χ0) is 14.3. The minimum Gasteiger partial charge on any atom is -0.469 e. The number of rotatable bonds is 0. The van der Waals surface area contributed by atoms with Crippen LogP contribution in [0.25, 0.3) is 0 Å². The summed E-state index contributed by atoms with van der Waals surface area (Å²) in [4.78, 5) is 29.4. The Morgan fingerprint density at radius 1 is 0.833 bits per heavy atom. The number of alkyl carbamates (subject to hydrolysis) is 1. The molecule has 0 saturated carbocycles. The highest BCUT2D eigenvalue weighted by atomic mass is 16.5. The van der Waals surface area contributed by atoms with E-state index in [9.17, 15) is 14.4 Å². The first-order valence-corrected chi connectivity index (χ1v) is 4.59. The molecule has 0 spiro atoms. The summed E-state index contributed by atoms with van der Waals surface area (Å²) in [5.41, 5.74) is 0. The lowest BCUT2D eigenvalue weighted by atomic mass is 10.8. The molecule has 0 heterocycles. The van der Waals surface area contributed by atoms with Gasteiger partial charge in [0.2, 0.25) is 0 Å². The van der Waals surface area contributed by atoms with Gasteiger partial charge in [-0.05, 0) is 0 Å². The number of nitrogens with one attached hydrogen (secondary N) is 3. The molecule has 0 unspecified atom stereocenters. The minimum atomic E-state index is -0.407. The van der Waals surface area contributed by atoms with E-state index in [2.05, 4.69) is 25.4 Å². The lowest BCUT2D eigenvalue weighted by Crippen LogP contribution is -2.28. The van der Waals surface area contributed by atoms with E-state index in [1.807, 2.05) is 0 Å². The lowest BCUT2D eigenvalue weighted by molar-refractivity contribution is -0.137. The number of methoxy groups -OCH3 is 2. The third-order valence-corrected chi connectivity index (χ3v) is 1.13. The summed E-state index contributed by atoms with van der Waals surface area (Å²) in [7, 11) is 7.31. The smallest absolute Gasteiger partial charge is 0.406 e. The number of amides is 3. The van der Waals surface area contributed by atoms with Gasteiger partial charge < -0.3 is 25.4 Å². The van der Waals surface area contributed by atoms with Gasteiger partial charge in [-0.25, -0.2) is 9.59 Å². The highest BCUT2D eigenvalue weighted by Crippen LogP contribution is 1.62. The van der Waals surface area contributed by atoms with Crippen molar-refractivity contribution >= 4 is 18.1 Å². The van der Waals surface area contributed by atoms with Gasteiger partial charge in [0.1, 0.15) is 0 Å². The van der Waals surface area contributed by atoms with E-state index in [4.69, 9.17) is 0 Å². The molecule has 0 atom stereocenters. The average Bonchev–Trinajstić information content (AvgIpc) is 2.37. The number of hydrogen-bond acceptors (Lipinski definition) is 5. The maximum absolute atomic E-state index is 9.96. The van der Waals surface area contributed by atoms with Crippen LogP contribution < -0.4 is 16.0 Å². The monoisotopic (exact) mass is 267 g/mol. The molecule has 0 aliphatic rings. The molecule has 110 valence electrons. The first-order chi connectivity index (χ1) is 7.89. The van der Waals surface area contributed by atoms with Crippen LogP contribution in [0, 0.1) is 0 Å². The fourth-order valence-corrected chi connectivity index (χ4v) is 0.227. The summed E-state index contributed by atoms with van der Waals surface area (Å²) in [6.07, 6.45) is -0.407. The molecule has 0 radical (unpaired) electrons. The Morgan fingerprint density at radius 2 is 1.17 bits per heavy atom. The Hall–Kier alpha value is -1.99. The van der Waals surface area contributed by atoms with Gasteiger partial charge in [-0.3, -0.25) is 4.79 Å². The summed E-state index contributed by atoms with van der Waals surface area (Å²) in [5, 5.41) is 6.98. The summed E-state index contributed by atoms with van der Waals surface area (Å²) in [5.74, 6) is -0.245. The molecule has 0 aromatic rings. The van der Waals surface area contributed by atoms with Crippen molar-refractivity contribution in [3.63, 3.8) is 0 Å². The fraction of sp³-hybridized carbons (Fsp3) is 0.700. The SMILES string of the molecule is C.CNC(=O)NC.CNC(=O)OC.COC(C)=O. The maximum atomic E-state index is 9.96. The number of hydrogen-bond donors (Lipinski definition) is 3. The van der Waals surface area contributed by atoms with Gasteiger partial charge in [-0.1, -0.05) is 7.43 Å². The Bertz CT molecular complexity index is 194. The summed E-state index contributed by atoms with van der Waals surface area (Å²) in [6.45, 7) is 1.36. The zero-order valence-corrected chi connectivity index (χ0v) is 11.0. The van der Waals surface area contributed by atoms with Crippen LogP contribution in [-0.2, 0) is 14.3 Å². The molecule has 3 amide bonds. The molecule has 0 rings (SSSR count). The molecule has 8 heteroatoms. The third-order valence-electron chi connectivity index (χ3n) is 1.13. The Balaban J connectivity index is -0.0000000799. The predicted molar refractivity (Wildman–Crippen MR) is 69.4 cm³/mol. The van der Waals surface area contributed by atoms with Crippen molar-refractivity contribution < 1.29 is 23.9 Å². The fourth-order valence-electron chi connectivity index (χ4n) is 0.227. The molecule has 18 heavy (non-hydrogen) atoms. The summed E-state index contributed by atoms with van der Waals surface area (Å²) < 4.78 is 8.26. The van der Waals surface area contributed by atoms with Crippen LogP contribution in [0.4, 0.5) is 9.59 Å². The molecule has 0 fully saturated rings. The van der Waals surface area contributed by atoms with Gasteiger partial charge in [0.25, 0.3) is 0 Å². The van der Waals surface area contributed by atoms with E-state index in [0.717, 1.165) is 0 Å². The number of esters is 1. The minimum absolute atomic E-state index is 0. The lowest BCUT2D eigenvalue weighted by Gasteiger charge is -1.91. The third kappa shape index (κ3) is 37.0. The van der Waals surface area contributed by atoms with E-state index < -0.39 is 6.09 Å². The first-order valence-electron chi connectivity index (χ1n) is 4.59. The van der Waals surface area contributed by atoms with Crippen LogP contribution in [-0.4, -0.2) is 53.5 Å². The Kier molecular flexibility index (Phi) is 28.4. The topological polar surface area (TPSA) is 106 Å². The van der Waals surface area contributed by atoms with Crippen molar-refractivity contribution in [2.24, 2.45) is 0 Å². The highest BCUT2D eigenvalue weighted by molar-refractivity contribution is 5.72. The van der Waals surface area contributed by atoms with Gasteiger partial charge >= 0.3 is 18.1 Å². The largest absolute Gasteiger partial charge is 0.469 e. The molecule has 3 N–H and O–H groups in total. The van der Waals surface area contributed by atoms with Gasteiger partial charge in [0.05, 0.1) is 14.2 Å². The second kappa shape index (κ2) is 20.4. The second-order valence-corrected chi connectivity index (χ2v) is 2.27. The second-order valence-electron chi connectivity index (χ2n) is 2.27. The molecule has 0 aliphatic carbocycles. The van der Waals surface area contributed by atoms with Crippen LogP contribution >= 0.6 is 0 Å². The van der Waals surface area contributed by atoms with Gasteiger partial charge in [0.15, 0.2) is 0 Å². The average molecular weight is 267 g/mol. The molecule has 0 aromatic carbocycles. The Morgan fingerprint density at radius 3 is 1.17 bits per heavy atom. The van der Waals surface area contributed by atoms with Gasteiger partial charge in [-0.2, -0.15) is 0 Å². The van der Waals surface area contributed by atoms with Crippen LogP contribution in [0.15, 0.2) is 0 Å². The van der Waals surface area contributed by atoms with Crippen LogP contribution in [0.3, 0.4) is 0 Å². The maximum Gasteiger partial charge on any atom is 0.406 e. The van der Waals surface area contributed by atoms with Crippen molar-refractivity contribution in [3.8, 4) is 0 Å². The van der Waals surface area contributed by atoms with Gasteiger partial charge in [-0.15, -0.1) is 0 Å². The standard InChI is InChI=1S/C3H8N2O.C3H7NO2.C3H6O2.CH4/c1-4-3(6)5-2;1-4-3(5)6-2;1-3(4)5-2;/h1-2H3,(H2,4,5,6);1-2H3,(H,4,5);1-2H3;1H4. The number of carbonyl (C=O) groups excluding carboxylic acids is 3. The van der Waals surface area contributed by atoms with Crippen molar-refractivity contribution in [2.45, 2.75) is 14.4 Å². The normalized spacial score (nSPS) is 6.56. The highest BCUT2D eigenvalue weighted by Gasteiger charge is 1.85. The molecular weight excluding hydrogens is 242 g/mol. The quantitative estimate of drug-likeness (QED) is 0.548. The summed E-state index contributed by atoms with van der Waals surface area (Å²) >= 11 is 0. The van der Waals surface area contributed by atoms with Crippen LogP contribution in [0.2, 0.25) is 0 Å². The molecule has 8 nitrogen and oxygen atoms in total. The Labute approximate surface area is 108 Å². The van der Waals surface area contributed by atoms with E-state index in [0.29, 0.717) is 0 Å². The number of carbonyl (C=O) groups is 3. The van der Waals surface area contributed by atoms with Gasteiger partial charge in [0, 0.05) is 28.1 Å². The van der Waals surface area contributed by atoms with Crippen molar-refractivity contribution in [1.29, 1.82) is 0 Å². The molecular formula is C10H25N3O5. The summed E-state index contributed by atoms with van der Waals surface area (Å²) in [6, 6.07) is -0.157. The first kappa shape index (κ1) is 25.0. The molecule has 0 saturated heterocycles.